The van der Waals surface area contributed by atoms with E-state index in [2.05, 4.69) is 26.2 Å². The number of nitrogens with zero attached hydrogens (tertiary/aromatic N) is 1. The minimum absolute atomic E-state index is 0.205. The number of aromatic nitrogens is 1. The van der Waals surface area contributed by atoms with Gasteiger partial charge in [0.15, 0.2) is 0 Å². The highest BCUT2D eigenvalue weighted by Crippen LogP contribution is 2.19. The zero-order chi connectivity index (χ0) is 16.0. The maximum Gasteiger partial charge on any atom is 0.407 e. The third-order valence-corrected chi connectivity index (χ3v) is 3.03. The molecule has 0 aliphatic rings. The smallest absolute Gasteiger partial charge is 0.407 e. The molecule has 2 atom stereocenters. The molecule has 1 aromatic heterocycles. The fourth-order valence-electron chi connectivity index (χ4n) is 1.58. The van der Waals surface area contributed by atoms with Crippen molar-refractivity contribution < 1.29 is 19.7 Å². The molecule has 0 saturated heterocycles. The second kappa shape index (κ2) is 7.72. The quantitative estimate of drug-likeness (QED) is 0.699. The van der Waals surface area contributed by atoms with E-state index >= 15 is 0 Å². The number of hydrogen-bond acceptors (Lipinski definition) is 5. The van der Waals surface area contributed by atoms with Crippen molar-refractivity contribution in [3.8, 4) is 0 Å². The zero-order valence-electron chi connectivity index (χ0n) is 12.3. The molecule has 0 fully saturated rings. The molecule has 0 aromatic carbocycles. The van der Waals surface area contributed by atoms with Gasteiger partial charge in [0.2, 0.25) is 0 Å². The number of rotatable bonds is 5. The summed E-state index contributed by atoms with van der Waals surface area (Å²) in [6.07, 6.45) is -0.904. The molecule has 1 amide bonds. The van der Waals surface area contributed by atoms with Crippen molar-refractivity contribution in [3.63, 3.8) is 0 Å². The van der Waals surface area contributed by atoms with E-state index in [1.165, 1.54) is 6.20 Å². The molecular formula is C14H21BrN2O4. The summed E-state index contributed by atoms with van der Waals surface area (Å²) >= 11 is 3.20. The number of aliphatic hydroxyl groups is 2. The van der Waals surface area contributed by atoms with Gasteiger partial charge in [0.05, 0.1) is 6.10 Å². The standard InChI is InChI=1S/C14H21BrN2O4/c1-14(2,3)21-13(20)16-7-6-10(18)12(19)9-4-5-11(15)17-8-9/h4-5,8,10,12,18-19H,6-7H2,1-3H3,(H,16,20). The van der Waals surface area contributed by atoms with E-state index in [1.807, 2.05) is 0 Å². The maximum absolute atomic E-state index is 11.4. The van der Waals surface area contributed by atoms with Gasteiger partial charge in [-0.1, -0.05) is 6.07 Å². The molecule has 0 bridgehead atoms. The predicted molar refractivity (Wildman–Crippen MR) is 81.8 cm³/mol. The molecule has 0 aliphatic carbocycles. The third kappa shape index (κ3) is 6.88. The number of pyridine rings is 1. The highest BCUT2D eigenvalue weighted by atomic mass is 79.9. The van der Waals surface area contributed by atoms with Crippen molar-refractivity contribution in [2.75, 3.05) is 6.54 Å². The van der Waals surface area contributed by atoms with Crippen LogP contribution in [0.15, 0.2) is 22.9 Å². The molecule has 3 N–H and O–H groups in total. The van der Waals surface area contributed by atoms with Crippen LogP contribution in [0.3, 0.4) is 0 Å². The summed E-state index contributed by atoms with van der Waals surface area (Å²) in [6, 6.07) is 3.36. The average Bonchev–Trinajstić information content (AvgIpc) is 2.36. The van der Waals surface area contributed by atoms with Crippen LogP contribution in [0, 0.1) is 0 Å². The monoisotopic (exact) mass is 360 g/mol. The van der Waals surface area contributed by atoms with E-state index in [0.29, 0.717) is 10.2 Å². The number of carbonyl (C=O) groups excluding carboxylic acids is 1. The van der Waals surface area contributed by atoms with Gasteiger partial charge < -0.3 is 20.3 Å². The van der Waals surface area contributed by atoms with Crippen LogP contribution >= 0.6 is 15.9 Å². The lowest BCUT2D eigenvalue weighted by Gasteiger charge is -2.21. The molecule has 1 heterocycles. The van der Waals surface area contributed by atoms with Crippen molar-refractivity contribution in [1.29, 1.82) is 0 Å². The Balaban J connectivity index is 2.38. The number of hydrogen-bond donors (Lipinski definition) is 3. The van der Waals surface area contributed by atoms with Crippen molar-refractivity contribution in [1.82, 2.24) is 10.3 Å². The predicted octanol–water partition coefficient (Wildman–Crippen LogP) is 2.15. The highest BCUT2D eigenvalue weighted by Gasteiger charge is 2.20. The van der Waals surface area contributed by atoms with Gasteiger partial charge in [0.1, 0.15) is 16.3 Å². The van der Waals surface area contributed by atoms with Crippen molar-refractivity contribution in [3.05, 3.63) is 28.5 Å². The van der Waals surface area contributed by atoms with E-state index in [-0.39, 0.29) is 13.0 Å². The molecule has 118 valence electrons. The lowest BCUT2D eigenvalue weighted by Crippen LogP contribution is -2.34. The molecule has 7 heteroatoms. The SMILES string of the molecule is CC(C)(C)OC(=O)NCCC(O)C(O)c1ccc(Br)nc1. The Hall–Kier alpha value is -1.18. The van der Waals surface area contributed by atoms with Crippen LogP contribution in [0.25, 0.3) is 0 Å². The number of halogens is 1. The van der Waals surface area contributed by atoms with Crippen LogP contribution in [0.1, 0.15) is 38.9 Å². The molecular weight excluding hydrogens is 340 g/mol. The summed E-state index contributed by atoms with van der Waals surface area (Å²) in [7, 11) is 0. The van der Waals surface area contributed by atoms with Gasteiger partial charge in [0.25, 0.3) is 0 Å². The number of carbonyl (C=O) groups is 1. The molecule has 0 radical (unpaired) electrons. The minimum atomic E-state index is -1.05. The van der Waals surface area contributed by atoms with Crippen LogP contribution in [0.4, 0.5) is 4.79 Å². The highest BCUT2D eigenvalue weighted by molar-refractivity contribution is 9.10. The van der Waals surface area contributed by atoms with Crippen molar-refractivity contribution in [2.24, 2.45) is 0 Å². The van der Waals surface area contributed by atoms with Crippen LogP contribution in [0.2, 0.25) is 0 Å². The van der Waals surface area contributed by atoms with Gasteiger partial charge >= 0.3 is 6.09 Å². The van der Waals surface area contributed by atoms with E-state index < -0.39 is 23.9 Å². The normalized spacial score (nSPS) is 14.4. The lowest BCUT2D eigenvalue weighted by molar-refractivity contribution is 0.0121. The van der Waals surface area contributed by atoms with Gasteiger partial charge in [0, 0.05) is 18.3 Å². The molecule has 6 nitrogen and oxygen atoms in total. The second-order valence-corrected chi connectivity index (χ2v) is 6.46. The minimum Gasteiger partial charge on any atom is -0.444 e. The van der Waals surface area contributed by atoms with Crippen LogP contribution in [0.5, 0.6) is 0 Å². The maximum atomic E-state index is 11.4. The van der Waals surface area contributed by atoms with Gasteiger partial charge in [-0.25, -0.2) is 9.78 Å². The fourth-order valence-corrected chi connectivity index (χ4v) is 1.81. The summed E-state index contributed by atoms with van der Waals surface area (Å²) < 4.78 is 5.72. The summed E-state index contributed by atoms with van der Waals surface area (Å²) in [6.45, 7) is 5.51. The van der Waals surface area contributed by atoms with E-state index in [9.17, 15) is 15.0 Å². The fraction of sp³-hybridized carbons (Fsp3) is 0.571. The van der Waals surface area contributed by atoms with Crippen molar-refractivity contribution in [2.45, 2.75) is 45.0 Å². The molecule has 0 saturated carbocycles. The molecule has 0 spiro atoms. The number of alkyl carbamates (subject to hydrolysis) is 1. The van der Waals surface area contributed by atoms with Crippen molar-refractivity contribution >= 4 is 22.0 Å². The van der Waals surface area contributed by atoms with E-state index in [1.54, 1.807) is 32.9 Å². The number of aliphatic hydroxyl groups excluding tert-OH is 2. The Bertz CT molecular complexity index is 459. The summed E-state index contributed by atoms with van der Waals surface area (Å²) in [4.78, 5) is 15.4. The lowest BCUT2D eigenvalue weighted by atomic mass is 10.0. The first-order valence-electron chi connectivity index (χ1n) is 6.63. The molecule has 21 heavy (non-hydrogen) atoms. The van der Waals surface area contributed by atoms with Crippen LogP contribution < -0.4 is 5.32 Å². The summed E-state index contributed by atoms with van der Waals surface area (Å²) in [5.74, 6) is 0. The topological polar surface area (TPSA) is 91.7 Å². The third-order valence-electron chi connectivity index (χ3n) is 2.56. The molecule has 1 rings (SSSR count). The first kappa shape index (κ1) is 17.9. The summed E-state index contributed by atoms with van der Waals surface area (Å²) in [5, 5.41) is 22.4. The average molecular weight is 361 g/mol. The Morgan fingerprint density at radius 3 is 2.62 bits per heavy atom. The van der Waals surface area contributed by atoms with Gasteiger partial charge in [-0.15, -0.1) is 0 Å². The number of ether oxygens (including phenoxy) is 1. The van der Waals surface area contributed by atoms with E-state index in [0.717, 1.165) is 0 Å². The molecule has 0 aliphatic heterocycles. The first-order valence-corrected chi connectivity index (χ1v) is 7.43. The number of amides is 1. The van der Waals surface area contributed by atoms with Gasteiger partial charge in [-0.05, 0) is 49.2 Å². The largest absolute Gasteiger partial charge is 0.444 e. The second-order valence-electron chi connectivity index (χ2n) is 5.64. The van der Waals surface area contributed by atoms with Crippen LogP contribution in [-0.4, -0.2) is 39.5 Å². The Kier molecular flexibility index (Phi) is 6.57. The van der Waals surface area contributed by atoms with E-state index in [4.69, 9.17) is 4.74 Å². The number of nitrogens with one attached hydrogen (secondary N) is 1. The Morgan fingerprint density at radius 2 is 2.10 bits per heavy atom. The Labute approximate surface area is 132 Å². The van der Waals surface area contributed by atoms with Gasteiger partial charge in [-0.2, -0.15) is 0 Å². The summed E-state index contributed by atoms with van der Waals surface area (Å²) in [5.41, 5.74) is -0.0475. The molecule has 1 aromatic rings. The molecule has 2 unspecified atom stereocenters. The van der Waals surface area contributed by atoms with Gasteiger partial charge in [-0.3, -0.25) is 0 Å². The zero-order valence-corrected chi connectivity index (χ0v) is 13.9. The van der Waals surface area contributed by atoms with Crippen LogP contribution in [-0.2, 0) is 4.74 Å². The Morgan fingerprint density at radius 1 is 1.43 bits per heavy atom. The first-order chi connectivity index (χ1) is 9.69.